The lowest BCUT2D eigenvalue weighted by atomic mass is 9.87. The Bertz CT molecular complexity index is 550. The minimum absolute atomic E-state index is 0. The maximum absolute atomic E-state index is 11.7. The van der Waals surface area contributed by atoms with Gasteiger partial charge in [-0.2, -0.15) is 0 Å². The molecule has 0 bridgehead atoms. The van der Waals surface area contributed by atoms with Crippen molar-refractivity contribution in [2.24, 2.45) is 0 Å². The normalized spacial score (nSPS) is 15.2. The summed E-state index contributed by atoms with van der Waals surface area (Å²) in [7, 11) is 0. The second kappa shape index (κ2) is 11.4. The highest BCUT2D eigenvalue weighted by Crippen LogP contribution is 2.24. The molecule has 5 nitrogen and oxygen atoms in total. The molecule has 1 aromatic rings. The van der Waals surface area contributed by atoms with Crippen molar-refractivity contribution in [1.29, 1.82) is 0 Å². The van der Waals surface area contributed by atoms with Crippen LogP contribution in [0.5, 0.6) is 5.75 Å². The summed E-state index contributed by atoms with van der Waals surface area (Å²) in [5.74, 6) is 0.945. The third-order valence-electron chi connectivity index (χ3n) is 4.76. The van der Waals surface area contributed by atoms with Gasteiger partial charge in [-0.3, -0.25) is 4.90 Å². The first-order valence-corrected chi connectivity index (χ1v) is 9.77. The fourth-order valence-corrected chi connectivity index (χ4v) is 3.05. The molecular weight excluding hydrogens is 364 g/mol. The fraction of sp³-hybridized carbons (Fsp3) is 0.667. The molecule has 154 valence electrons. The minimum atomic E-state index is -0.182. The van der Waals surface area contributed by atoms with Crippen molar-refractivity contribution in [3.05, 3.63) is 29.8 Å². The maximum atomic E-state index is 11.7. The Balaban J connectivity index is 0.00000364. The highest BCUT2D eigenvalue weighted by molar-refractivity contribution is 5.85. The highest BCUT2D eigenvalue weighted by atomic mass is 35.5. The van der Waals surface area contributed by atoms with Crippen molar-refractivity contribution in [1.82, 2.24) is 9.80 Å². The molecule has 1 saturated heterocycles. The molecule has 0 N–H and O–H groups in total. The van der Waals surface area contributed by atoms with Gasteiger partial charge in [-0.05, 0) is 49.4 Å². The molecule has 1 aliphatic heterocycles. The van der Waals surface area contributed by atoms with Gasteiger partial charge in [0, 0.05) is 26.2 Å². The van der Waals surface area contributed by atoms with Crippen LogP contribution in [0.2, 0.25) is 0 Å². The van der Waals surface area contributed by atoms with Crippen LogP contribution in [-0.2, 0) is 10.2 Å². The Kier molecular flexibility index (Phi) is 9.95. The number of unbranched alkanes of at least 4 members (excludes halogenated alkanes) is 1. The number of hydrogen-bond donors (Lipinski definition) is 0. The molecule has 0 aliphatic carbocycles. The van der Waals surface area contributed by atoms with Crippen LogP contribution in [-0.4, -0.2) is 61.8 Å². The number of amides is 1. The van der Waals surface area contributed by atoms with E-state index in [1.54, 1.807) is 4.90 Å². The summed E-state index contributed by atoms with van der Waals surface area (Å²) in [6.45, 7) is 14.1. The van der Waals surface area contributed by atoms with Gasteiger partial charge < -0.3 is 14.4 Å². The molecule has 1 aromatic carbocycles. The second-order valence-corrected chi connectivity index (χ2v) is 7.86. The zero-order chi connectivity index (χ0) is 19.0. The average molecular weight is 399 g/mol. The predicted octanol–water partition coefficient (Wildman–Crippen LogP) is 4.34. The smallest absolute Gasteiger partial charge is 0.409 e. The molecule has 0 aromatic heterocycles. The van der Waals surface area contributed by atoms with Crippen LogP contribution in [0, 0.1) is 0 Å². The number of benzene rings is 1. The van der Waals surface area contributed by atoms with Crippen LogP contribution in [0.1, 0.15) is 46.1 Å². The molecule has 1 heterocycles. The van der Waals surface area contributed by atoms with E-state index < -0.39 is 0 Å². The number of hydrogen-bond acceptors (Lipinski definition) is 4. The van der Waals surface area contributed by atoms with Crippen molar-refractivity contribution < 1.29 is 14.3 Å². The van der Waals surface area contributed by atoms with Gasteiger partial charge in [0.25, 0.3) is 0 Å². The van der Waals surface area contributed by atoms with Crippen molar-refractivity contribution in [3.8, 4) is 5.75 Å². The standard InChI is InChI=1S/C21H34N2O3.ClH/c1-5-25-20(24)23-15-13-22(14-16-23)12-6-7-17-26-19-10-8-18(9-11-19)21(2,3)4;/h8-11H,5-7,12-17H2,1-4H3;1H. The number of halogens is 1. The van der Waals surface area contributed by atoms with Crippen LogP contribution in [0.3, 0.4) is 0 Å². The van der Waals surface area contributed by atoms with E-state index in [1.807, 2.05) is 6.92 Å². The second-order valence-electron chi connectivity index (χ2n) is 7.86. The average Bonchev–Trinajstić information content (AvgIpc) is 2.62. The zero-order valence-corrected chi connectivity index (χ0v) is 18.0. The lowest BCUT2D eigenvalue weighted by Crippen LogP contribution is -2.49. The highest BCUT2D eigenvalue weighted by Gasteiger charge is 2.21. The SMILES string of the molecule is CCOC(=O)N1CCN(CCCCOc2ccc(C(C)(C)C)cc2)CC1.Cl. The molecule has 27 heavy (non-hydrogen) atoms. The minimum Gasteiger partial charge on any atom is -0.494 e. The Labute approximate surface area is 170 Å². The van der Waals surface area contributed by atoms with Gasteiger partial charge in [-0.1, -0.05) is 32.9 Å². The van der Waals surface area contributed by atoms with Crippen LogP contribution in [0.15, 0.2) is 24.3 Å². The number of rotatable bonds is 7. The lowest BCUT2D eigenvalue weighted by molar-refractivity contribution is 0.0789. The summed E-state index contributed by atoms with van der Waals surface area (Å²) in [5.41, 5.74) is 1.50. The summed E-state index contributed by atoms with van der Waals surface area (Å²) in [6, 6.07) is 8.43. The summed E-state index contributed by atoms with van der Waals surface area (Å²) in [4.78, 5) is 15.9. The van der Waals surface area contributed by atoms with Gasteiger partial charge in [0.1, 0.15) is 5.75 Å². The number of nitrogens with zero attached hydrogens (tertiary/aromatic N) is 2. The van der Waals surface area contributed by atoms with Gasteiger partial charge >= 0.3 is 6.09 Å². The molecule has 0 spiro atoms. The van der Waals surface area contributed by atoms with Gasteiger partial charge in [0.15, 0.2) is 0 Å². The Morgan fingerprint density at radius 2 is 1.67 bits per heavy atom. The summed E-state index contributed by atoms with van der Waals surface area (Å²) < 4.78 is 10.9. The molecule has 1 fully saturated rings. The molecule has 0 atom stereocenters. The Hall–Kier alpha value is -1.46. The van der Waals surface area contributed by atoms with Gasteiger partial charge in [0.05, 0.1) is 13.2 Å². The number of carbonyl (C=O) groups excluding carboxylic acids is 1. The number of carbonyl (C=O) groups is 1. The third-order valence-corrected chi connectivity index (χ3v) is 4.76. The summed E-state index contributed by atoms with van der Waals surface area (Å²) >= 11 is 0. The monoisotopic (exact) mass is 398 g/mol. The summed E-state index contributed by atoms with van der Waals surface area (Å²) in [6.07, 6.45) is 1.97. The van der Waals surface area contributed by atoms with E-state index in [4.69, 9.17) is 9.47 Å². The lowest BCUT2D eigenvalue weighted by Gasteiger charge is -2.33. The van der Waals surface area contributed by atoms with Crippen molar-refractivity contribution in [2.75, 3.05) is 45.9 Å². The topological polar surface area (TPSA) is 42.0 Å². The van der Waals surface area contributed by atoms with Crippen LogP contribution >= 0.6 is 12.4 Å². The summed E-state index contributed by atoms with van der Waals surface area (Å²) in [5, 5.41) is 0. The first-order chi connectivity index (χ1) is 12.4. The van der Waals surface area contributed by atoms with E-state index in [-0.39, 0.29) is 23.9 Å². The van der Waals surface area contributed by atoms with Gasteiger partial charge in [-0.15, -0.1) is 12.4 Å². The van der Waals surface area contributed by atoms with E-state index in [2.05, 4.69) is 49.9 Å². The van der Waals surface area contributed by atoms with E-state index in [0.29, 0.717) is 6.61 Å². The molecule has 1 amide bonds. The van der Waals surface area contributed by atoms with Crippen LogP contribution in [0.25, 0.3) is 0 Å². The molecule has 0 radical (unpaired) electrons. The first-order valence-electron chi connectivity index (χ1n) is 9.77. The van der Waals surface area contributed by atoms with E-state index in [1.165, 1.54) is 5.56 Å². The Morgan fingerprint density at radius 1 is 1.04 bits per heavy atom. The molecule has 6 heteroatoms. The largest absolute Gasteiger partial charge is 0.494 e. The first kappa shape index (κ1) is 23.6. The maximum Gasteiger partial charge on any atom is 0.409 e. The number of piperazine rings is 1. The van der Waals surface area contributed by atoms with Gasteiger partial charge in [-0.25, -0.2) is 4.79 Å². The van der Waals surface area contributed by atoms with E-state index in [9.17, 15) is 4.79 Å². The van der Waals surface area contributed by atoms with E-state index >= 15 is 0 Å². The number of ether oxygens (including phenoxy) is 2. The quantitative estimate of drug-likeness (QED) is 0.641. The van der Waals surface area contributed by atoms with Crippen molar-refractivity contribution in [3.63, 3.8) is 0 Å². The predicted molar refractivity (Wildman–Crippen MR) is 112 cm³/mol. The molecular formula is C21H35ClN2O3. The molecule has 0 unspecified atom stereocenters. The van der Waals surface area contributed by atoms with E-state index in [0.717, 1.165) is 57.9 Å². The van der Waals surface area contributed by atoms with Gasteiger partial charge in [0.2, 0.25) is 0 Å². The fourth-order valence-electron chi connectivity index (χ4n) is 3.05. The van der Waals surface area contributed by atoms with Crippen molar-refractivity contribution >= 4 is 18.5 Å². The van der Waals surface area contributed by atoms with Crippen LogP contribution in [0.4, 0.5) is 4.79 Å². The molecule has 1 aliphatic rings. The van der Waals surface area contributed by atoms with Crippen molar-refractivity contribution in [2.45, 2.75) is 46.0 Å². The third kappa shape index (κ3) is 7.97. The Morgan fingerprint density at radius 3 is 2.22 bits per heavy atom. The zero-order valence-electron chi connectivity index (χ0n) is 17.2. The molecule has 0 saturated carbocycles. The van der Waals surface area contributed by atoms with Crippen LogP contribution < -0.4 is 4.74 Å². The molecule has 2 rings (SSSR count).